The van der Waals surface area contributed by atoms with Crippen LogP contribution >= 0.6 is 0 Å². The van der Waals surface area contributed by atoms with Crippen LogP contribution < -0.4 is 19.7 Å². The summed E-state index contributed by atoms with van der Waals surface area (Å²) in [5.74, 6) is -1.57. The molecule has 4 fully saturated rings. The summed E-state index contributed by atoms with van der Waals surface area (Å²) >= 11 is 0. The van der Waals surface area contributed by atoms with Crippen molar-refractivity contribution in [3.8, 4) is 11.5 Å². The molecule has 0 bridgehead atoms. The van der Waals surface area contributed by atoms with E-state index >= 15 is 0 Å². The van der Waals surface area contributed by atoms with Gasteiger partial charge in [-0.15, -0.1) is 0 Å². The van der Waals surface area contributed by atoms with Crippen molar-refractivity contribution in [3.05, 3.63) is 106 Å². The number of carbonyl (C=O) groups excluding carboxylic acids is 1. The fraction of sp³-hybridized carbons (Fsp3) is 0.444. The van der Waals surface area contributed by atoms with Gasteiger partial charge in [-0.3, -0.25) is 19.8 Å². The molecule has 2 aromatic carbocycles. The molecule has 63 heavy (non-hydrogen) atoms. The van der Waals surface area contributed by atoms with E-state index in [2.05, 4.69) is 34.8 Å². The minimum absolute atomic E-state index is 0.0350. The molecule has 1 amide bonds. The lowest BCUT2D eigenvalue weighted by atomic mass is 9.60. The molecule has 9 rings (SSSR count). The van der Waals surface area contributed by atoms with Crippen LogP contribution in [0.2, 0.25) is 0 Å². The van der Waals surface area contributed by atoms with Crippen molar-refractivity contribution in [2.24, 2.45) is 11.3 Å². The van der Waals surface area contributed by atoms with E-state index in [1.165, 1.54) is 24.5 Å². The van der Waals surface area contributed by atoms with Crippen molar-refractivity contribution in [3.63, 3.8) is 0 Å². The second kappa shape index (κ2) is 16.8. The van der Waals surface area contributed by atoms with Gasteiger partial charge in [-0.2, -0.15) is 0 Å². The van der Waals surface area contributed by atoms with Gasteiger partial charge in [0.1, 0.15) is 34.2 Å². The maximum absolute atomic E-state index is 14.8. The van der Waals surface area contributed by atoms with E-state index in [1.807, 2.05) is 6.07 Å². The van der Waals surface area contributed by atoms with Crippen LogP contribution in [-0.2, 0) is 10.0 Å². The van der Waals surface area contributed by atoms with Crippen LogP contribution in [0.5, 0.6) is 11.5 Å². The number of fused-ring (bicyclic) bond motifs is 1. The number of piperidine rings is 1. The summed E-state index contributed by atoms with van der Waals surface area (Å²) in [7, 11) is -4.62. The van der Waals surface area contributed by atoms with Gasteiger partial charge in [0.2, 0.25) is 0 Å². The van der Waals surface area contributed by atoms with Crippen molar-refractivity contribution in [1.82, 2.24) is 24.6 Å². The number of aliphatic hydroxyl groups is 1. The SMILES string of the molecule is CC1(O)CCC(CNc2ccc(S(=O)(=O)NC(=O)c3cnc(N4CCC5(CC4)CC(N4CCC[C@H]4c4cccc(F)c4F)C5)cc3Oc3cnc4[nH]ccc4c3)cc2[N+](=O)[O-])CC1. The minimum Gasteiger partial charge on any atom is -0.455 e. The van der Waals surface area contributed by atoms with Gasteiger partial charge < -0.3 is 25.0 Å². The quantitative estimate of drug-likeness (QED) is 0.0698. The van der Waals surface area contributed by atoms with Crippen molar-refractivity contribution in [1.29, 1.82) is 0 Å². The number of ether oxygens (including phenoxy) is 1. The van der Waals surface area contributed by atoms with Crippen LogP contribution in [0, 0.1) is 33.1 Å². The van der Waals surface area contributed by atoms with Gasteiger partial charge >= 0.3 is 0 Å². The highest BCUT2D eigenvalue weighted by atomic mass is 32.2. The lowest BCUT2D eigenvalue weighted by Gasteiger charge is -2.55. The number of carbonyl (C=O) groups is 1. The summed E-state index contributed by atoms with van der Waals surface area (Å²) in [4.78, 5) is 41.3. The van der Waals surface area contributed by atoms with E-state index in [0.29, 0.717) is 55.3 Å². The highest BCUT2D eigenvalue weighted by Crippen LogP contribution is 2.54. The number of nitro groups is 1. The smallest absolute Gasteiger partial charge is 0.293 e. The predicted molar refractivity (Wildman–Crippen MR) is 231 cm³/mol. The standard InChI is InChI=1S/C45H50F2N8O7S/c1-44(57)12-9-28(10-13-44)25-49-36-8-7-32(21-38(36)55(58)59)63(60,61)52-43(56)34-27-50-40(22-39(34)62-31-20-29-11-16-48-42(29)51-26-31)53-18-14-45(15-19-53)23-30(24-45)54-17-3-6-37(54)33-4-2-5-35(46)41(33)47/h2,4-5,7-8,11,16,20-22,26-28,30,37,49,57H,3,6,9-10,12-15,17-19,23-25H2,1H3,(H,48,51)(H,52,56)/t28?,37-,44?/m0/s1. The average molecular weight is 885 g/mol. The maximum atomic E-state index is 14.8. The van der Waals surface area contributed by atoms with Gasteiger partial charge in [0.25, 0.3) is 21.6 Å². The third-order valence-corrected chi connectivity index (χ3v) is 15.1. The first-order chi connectivity index (χ1) is 30.2. The van der Waals surface area contributed by atoms with Crippen molar-refractivity contribution in [2.45, 2.75) is 93.7 Å². The molecule has 15 nitrogen and oxygen atoms in total. The molecule has 332 valence electrons. The zero-order valence-electron chi connectivity index (χ0n) is 34.9. The van der Waals surface area contributed by atoms with Crippen LogP contribution in [0.3, 0.4) is 0 Å². The molecule has 2 aliphatic carbocycles. The first-order valence-corrected chi connectivity index (χ1v) is 23.0. The molecule has 1 atom stereocenters. The van der Waals surface area contributed by atoms with E-state index in [0.717, 1.165) is 75.4 Å². The normalized spacial score (nSPS) is 22.8. The topological polar surface area (TPSA) is 196 Å². The number of nitro benzene ring substituents is 1. The zero-order valence-corrected chi connectivity index (χ0v) is 35.7. The number of H-pyrrole nitrogens is 1. The lowest BCUT2D eigenvalue weighted by Crippen LogP contribution is -2.55. The number of anilines is 2. The Hall–Kier alpha value is -5.72. The third-order valence-electron chi connectivity index (χ3n) is 13.8. The Labute approximate surface area is 363 Å². The summed E-state index contributed by atoms with van der Waals surface area (Å²) in [5, 5.41) is 26.2. The zero-order chi connectivity index (χ0) is 44.1. The molecule has 0 unspecified atom stereocenters. The molecular formula is C45H50F2N8O7S. The Morgan fingerprint density at radius 3 is 2.56 bits per heavy atom. The van der Waals surface area contributed by atoms with Gasteiger partial charge in [0.05, 0.1) is 21.6 Å². The number of sulfonamides is 1. The number of nitrogens with zero attached hydrogens (tertiary/aromatic N) is 5. The Bertz CT molecular complexity index is 2650. The van der Waals surface area contributed by atoms with Gasteiger partial charge in [-0.25, -0.2) is 31.9 Å². The average Bonchev–Trinajstić information content (AvgIpc) is 3.93. The van der Waals surface area contributed by atoms with E-state index in [1.54, 1.807) is 37.4 Å². The van der Waals surface area contributed by atoms with Gasteiger partial charge in [0.15, 0.2) is 11.6 Å². The van der Waals surface area contributed by atoms with Crippen molar-refractivity contribution in [2.75, 3.05) is 36.4 Å². The minimum atomic E-state index is -4.62. The molecule has 1 spiro atoms. The Balaban J connectivity index is 0.897. The van der Waals surface area contributed by atoms with Gasteiger partial charge in [0, 0.05) is 67.2 Å². The van der Waals surface area contributed by atoms with E-state index in [-0.39, 0.29) is 40.4 Å². The number of benzene rings is 2. The molecule has 0 radical (unpaired) electrons. The number of aromatic nitrogens is 3. The first-order valence-electron chi connectivity index (χ1n) is 21.5. The Morgan fingerprint density at radius 1 is 1.02 bits per heavy atom. The summed E-state index contributed by atoms with van der Waals surface area (Å²) in [6.07, 6.45) is 12.6. The van der Waals surface area contributed by atoms with Crippen LogP contribution in [0.25, 0.3) is 11.0 Å². The molecule has 4 N–H and O–H groups in total. The number of pyridine rings is 2. The van der Waals surface area contributed by atoms with Crippen LogP contribution in [-0.4, -0.2) is 82.0 Å². The molecule has 2 aliphatic heterocycles. The fourth-order valence-electron chi connectivity index (χ4n) is 10.1. The summed E-state index contributed by atoms with van der Waals surface area (Å²) in [5.41, 5.74) is -0.0517. The molecule has 5 heterocycles. The fourth-order valence-corrected chi connectivity index (χ4v) is 11.0. The number of nitrogens with one attached hydrogen (secondary N) is 3. The number of amides is 1. The second-order valence-corrected chi connectivity index (χ2v) is 19.7. The summed E-state index contributed by atoms with van der Waals surface area (Å²) < 4.78 is 64.6. The number of likely N-dealkylation sites (tertiary alicyclic amines) is 1. The largest absolute Gasteiger partial charge is 0.455 e. The van der Waals surface area contributed by atoms with Crippen molar-refractivity contribution < 1.29 is 36.8 Å². The van der Waals surface area contributed by atoms with E-state index in [4.69, 9.17) is 4.74 Å². The Kier molecular flexibility index (Phi) is 11.3. The Morgan fingerprint density at radius 2 is 1.79 bits per heavy atom. The molecule has 4 aliphatic rings. The molecule has 2 saturated heterocycles. The van der Waals surface area contributed by atoms with Crippen LogP contribution in [0.4, 0.5) is 26.0 Å². The predicted octanol–water partition coefficient (Wildman–Crippen LogP) is 7.99. The maximum Gasteiger partial charge on any atom is 0.293 e. The first kappa shape index (κ1) is 42.6. The number of hydrogen-bond acceptors (Lipinski definition) is 12. The van der Waals surface area contributed by atoms with Crippen LogP contribution in [0.15, 0.2) is 78.1 Å². The lowest BCUT2D eigenvalue weighted by molar-refractivity contribution is -0.384. The molecule has 2 saturated carbocycles. The third kappa shape index (κ3) is 8.80. The van der Waals surface area contributed by atoms with E-state index < -0.39 is 48.7 Å². The number of hydrogen-bond donors (Lipinski definition) is 4. The molecule has 18 heteroatoms. The van der Waals surface area contributed by atoms with Gasteiger partial charge in [-0.1, -0.05) is 12.1 Å². The van der Waals surface area contributed by atoms with Gasteiger partial charge in [-0.05, 0) is 119 Å². The molecular weight excluding hydrogens is 835 g/mol. The van der Waals surface area contributed by atoms with Crippen LogP contribution in [0.1, 0.15) is 93.1 Å². The monoisotopic (exact) mass is 884 g/mol. The highest BCUT2D eigenvalue weighted by molar-refractivity contribution is 7.90. The molecule has 5 aromatic rings. The number of halogens is 2. The number of aromatic amines is 1. The second-order valence-electron chi connectivity index (χ2n) is 18.0. The summed E-state index contributed by atoms with van der Waals surface area (Å²) in [6.45, 7) is 4.40. The number of rotatable bonds is 12. The molecule has 3 aromatic heterocycles. The van der Waals surface area contributed by atoms with E-state index in [9.17, 15) is 37.2 Å². The summed E-state index contributed by atoms with van der Waals surface area (Å²) in [6, 6.07) is 13.2. The van der Waals surface area contributed by atoms with Crippen molar-refractivity contribution >= 4 is 44.2 Å². The highest BCUT2D eigenvalue weighted by Gasteiger charge is 2.50.